The van der Waals surface area contributed by atoms with Crippen molar-refractivity contribution in [1.29, 1.82) is 0 Å². The Morgan fingerprint density at radius 1 is 1.33 bits per heavy atom. The molecule has 15 heavy (non-hydrogen) atoms. The molecule has 0 amide bonds. The molecule has 3 rings (SSSR count). The molecular weight excluding hydrogens is 188 g/mol. The molecule has 0 bridgehead atoms. The van der Waals surface area contributed by atoms with Gasteiger partial charge in [0.25, 0.3) is 0 Å². The van der Waals surface area contributed by atoms with Crippen LogP contribution < -0.4 is 0 Å². The van der Waals surface area contributed by atoms with Gasteiger partial charge in [-0.25, -0.2) is 4.98 Å². The third-order valence-electron chi connectivity index (χ3n) is 3.17. The second-order valence-electron chi connectivity index (χ2n) is 4.38. The number of aromatic nitrogens is 2. The molecule has 3 heteroatoms. The minimum absolute atomic E-state index is 0.125. The van der Waals surface area contributed by atoms with Crippen molar-refractivity contribution in [2.24, 2.45) is 0 Å². The Bertz CT molecular complexity index is 540. The summed E-state index contributed by atoms with van der Waals surface area (Å²) in [6.07, 6.45) is 3.72. The first-order valence-corrected chi connectivity index (χ1v) is 4.99. The van der Waals surface area contributed by atoms with Crippen molar-refractivity contribution in [2.45, 2.75) is 19.4 Å². The van der Waals surface area contributed by atoms with Crippen LogP contribution in [-0.2, 0) is 5.54 Å². The smallest absolute Gasteiger partial charge is 0.144 e. The molecule has 2 heterocycles. The van der Waals surface area contributed by atoms with Gasteiger partial charge in [-0.3, -0.25) is 0 Å². The van der Waals surface area contributed by atoms with Crippen LogP contribution in [0.3, 0.4) is 0 Å². The van der Waals surface area contributed by atoms with Gasteiger partial charge < -0.3 is 9.67 Å². The summed E-state index contributed by atoms with van der Waals surface area (Å²) in [5.74, 6) is 1.17. The largest absolute Gasteiger partial charge is 0.507 e. The van der Waals surface area contributed by atoms with Gasteiger partial charge in [-0.15, -0.1) is 0 Å². The third kappa shape index (κ3) is 0.876. The van der Waals surface area contributed by atoms with E-state index in [0.29, 0.717) is 5.75 Å². The number of rotatable bonds is 0. The molecule has 1 aromatic heterocycles. The summed E-state index contributed by atoms with van der Waals surface area (Å²) in [5, 5.41) is 9.88. The van der Waals surface area contributed by atoms with Gasteiger partial charge >= 0.3 is 0 Å². The fraction of sp³-hybridized carbons (Fsp3) is 0.250. The van der Waals surface area contributed by atoms with Crippen LogP contribution in [0.2, 0.25) is 0 Å². The Kier molecular flexibility index (Phi) is 1.38. The molecular formula is C12H12N2O. The number of fused-ring (bicyclic) bond motifs is 3. The Balaban J connectivity index is 2.45. The van der Waals surface area contributed by atoms with Crippen LogP contribution in [0.15, 0.2) is 30.6 Å². The summed E-state index contributed by atoms with van der Waals surface area (Å²) >= 11 is 0. The van der Waals surface area contributed by atoms with E-state index >= 15 is 0 Å². The molecule has 1 N–H and O–H groups in total. The molecule has 0 fully saturated rings. The van der Waals surface area contributed by atoms with Gasteiger partial charge in [-0.2, -0.15) is 0 Å². The van der Waals surface area contributed by atoms with Crippen LogP contribution in [0, 0.1) is 0 Å². The molecule has 0 radical (unpaired) electrons. The summed E-state index contributed by atoms with van der Waals surface area (Å²) in [4.78, 5) is 4.30. The van der Waals surface area contributed by atoms with E-state index in [4.69, 9.17) is 0 Å². The van der Waals surface area contributed by atoms with Gasteiger partial charge in [-0.1, -0.05) is 12.1 Å². The minimum Gasteiger partial charge on any atom is -0.507 e. The lowest BCUT2D eigenvalue weighted by Gasteiger charge is -2.22. The summed E-state index contributed by atoms with van der Waals surface area (Å²) in [6, 6.07) is 5.63. The van der Waals surface area contributed by atoms with E-state index in [2.05, 4.69) is 23.4 Å². The second kappa shape index (κ2) is 2.42. The van der Waals surface area contributed by atoms with Crippen LogP contribution >= 0.6 is 0 Å². The normalized spacial score (nSPS) is 16.1. The molecule has 1 aliphatic rings. The van der Waals surface area contributed by atoms with Crippen LogP contribution in [0.4, 0.5) is 0 Å². The summed E-state index contributed by atoms with van der Waals surface area (Å²) < 4.78 is 2.09. The maximum Gasteiger partial charge on any atom is 0.144 e. The number of nitrogens with zero attached hydrogens (tertiary/aromatic N) is 2. The van der Waals surface area contributed by atoms with Crippen LogP contribution in [-0.4, -0.2) is 14.7 Å². The van der Waals surface area contributed by atoms with Crippen LogP contribution in [0.5, 0.6) is 5.75 Å². The zero-order chi connectivity index (χ0) is 10.6. The lowest BCUT2D eigenvalue weighted by Crippen LogP contribution is -2.22. The highest BCUT2D eigenvalue weighted by Crippen LogP contribution is 2.46. The summed E-state index contributed by atoms with van der Waals surface area (Å²) in [5.41, 5.74) is 1.87. The van der Waals surface area contributed by atoms with Crippen molar-refractivity contribution >= 4 is 0 Å². The minimum atomic E-state index is -0.125. The van der Waals surface area contributed by atoms with Crippen LogP contribution in [0.25, 0.3) is 11.4 Å². The number of phenolic OH excluding ortho intramolecular Hbond substituents is 1. The molecule has 0 saturated carbocycles. The summed E-state index contributed by atoms with van der Waals surface area (Å²) in [7, 11) is 0. The van der Waals surface area contributed by atoms with Crippen molar-refractivity contribution in [3.8, 4) is 17.1 Å². The molecule has 1 aliphatic heterocycles. The number of hydrogen-bond donors (Lipinski definition) is 1. The Hall–Kier alpha value is -1.77. The van der Waals surface area contributed by atoms with Crippen molar-refractivity contribution < 1.29 is 5.11 Å². The molecule has 2 aromatic rings. The van der Waals surface area contributed by atoms with Gasteiger partial charge in [0, 0.05) is 12.4 Å². The molecule has 0 aliphatic carbocycles. The van der Waals surface area contributed by atoms with E-state index in [0.717, 1.165) is 17.0 Å². The first kappa shape index (κ1) is 8.53. The Labute approximate surface area is 88.0 Å². The van der Waals surface area contributed by atoms with Crippen molar-refractivity contribution in [2.75, 3.05) is 0 Å². The van der Waals surface area contributed by atoms with Crippen LogP contribution in [0.1, 0.15) is 19.4 Å². The van der Waals surface area contributed by atoms with Crippen molar-refractivity contribution in [1.82, 2.24) is 9.55 Å². The van der Waals surface area contributed by atoms with Crippen molar-refractivity contribution in [3.63, 3.8) is 0 Å². The topological polar surface area (TPSA) is 38.1 Å². The highest BCUT2D eigenvalue weighted by atomic mass is 16.3. The highest BCUT2D eigenvalue weighted by molar-refractivity contribution is 5.74. The predicted molar refractivity (Wildman–Crippen MR) is 57.8 cm³/mol. The maximum absolute atomic E-state index is 9.88. The first-order valence-electron chi connectivity index (χ1n) is 4.99. The summed E-state index contributed by atoms with van der Waals surface area (Å²) in [6.45, 7) is 4.26. The number of aromatic hydroxyl groups is 1. The van der Waals surface area contributed by atoms with E-state index < -0.39 is 0 Å². The zero-order valence-corrected chi connectivity index (χ0v) is 8.73. The van der Waals surface area contributed by atoms with Gasteiger partial charge in [0.1, 0.15) is 11.6 Å². The van der Waals surface area contributed by atoms with Gasteiger partial charge in [0.05, 0.1) is 11.1 Å². The second-order valence-corrected chi connectivity index (χ2v) is 4.38. The van der Waals surface area contributed by atoms with E-state index in [9.17, 15) is 5.11 Å². The zero-order valence-electron chi connectivity index (χ0n) is 8.73. The molecule has 0 atom stereocenters. The van der Waals surface area contributed by atoms with E-state index in [1.165, 1.54) is 0 Å². The maximum atomic E-state index is 9.88. The molecule has 0 saturated heterocycles. The lowest BCUT2D eigenvalue weighted by molar-refractivity contribution is 0.458. The fourth-order valence-corrected chi connectivity index (χ4v) is 2.35. The van der Waals surface area contributed by atoms with E-state index in [-0.39, 0.29) is 5.54 Å². The van der Waals surface area contributed by atoms with Gasteiger partial charge in [-0.05, 0) is 25.5 Å². The quantitative estimate of drug-likeness (QED) is 0.708. The SMILES string of the molecule is CC1(C)c2cccc(O)c2-c2nccn21. The number of imidazole rings is 1. The molecule has 76 valence electrons. The van der Waals surface area contributed by atoms with Gasteiger partial charge in [0.2, 0.25) is 0 Å². The predicted octanol–water partition coefficient (Wildman–Crippen LogP) is 2.35. The Morgan fingerprint density at radius 3 is 2.93 bits per heavy atom. The Morgan fingerprint density at radius 2 is 2.13 bits per heavy atom. The monoisotopic (exact) mass is 200 g/mol. The average Bonchev–Trinajstić information content (AvgIpc) is 2.72. The third-order valence-corrected chi connectivity index (χ3v) is 3.17. The highest BCUT2D eigenvalue weighted by Gasteiger charge is 2.36. The number of phenols is 1. The van der Waals surface area contributed by atoms with Crippen molar-refractivity contribution in [3.05, 3.63) is 36.2 Å². The standard InChI is InChI=1S/C12H12N2O/c1-12(2)8-4-3-5-9(15)10(8)11-13-6-7-14(11)12/h3-7,15H,1-2H3. The van der Waals surface area contributed by atoms with Gasteiger partial charge in [0.15, 0.2) is 0 Å². The number of hydrogen-bond acceptors (Lipinski definition) is 2. The molecule has 0 unspecified atom stereocenters. The molecule has 3 nitrogen and oxygen atoms in total. The molecule has 1 aromatic carbocycles. The van der Waals surface area contributed by atoms with E-state index in [1.54, 1.807) is 12.3 Å². The number of benzene rings is 1. The molecule has 0 spiro atoms. The first-order chi connectivity index (χ1) is 7.12. The lowest BCUT2D eigenvalue weighted by atomic mass is 9.93. The fourth-order valence-electron chi connectivity index (χ4n) is 2.35. The van der Waals surface area contributed by atoms with E-state index in [1.807, 2.05) is 18.3 Å². The average molecular weight is 200 g/mol.